The molecule has 0 bridgehead atoms. The van der Waals surface area contributed by atoms with Crippen molar-refractivity contribution >= 4 is 48.1 Å². The number of rotatable bonds is 14. The van der Waals surface area contributed by atoms with Crippen LogP contribution in [-0.4, -0.2) is 87.0 Å². The monoisotopic (exact) mass is 516 g/mol. The minimum absolute atomic E-state index is 0.0232. The highest BCUT2D eigenvalue weighted by Crippen LogP contribution is 2.12. The first-order valence-corrected chi connectivity index (χ1v) is 12.5. The van der Waals surface area contributed by atoms with Crippen molar-refractivity contribution in [3.05, 3.63) is 29.8 Å². The average Bonchev–Trinajstić information content (AvgIpc) is 2.79. The first-order valence-electron chi connectivity index (χ1n) is 10.4. The Morgan fingerprint density at radius 2 is 1.53 bits per heavy atom. The van der Waals surface area contributed by atoms with E-state index >= 15 is 0 Å². The zero-order valence-electron chi connectivity index (χ0n) is 18.9. The van der Waals surface area contributed by atoms with Gasteiger partial charge in [0.25, 0.3) is 0 Å². The second kappa shape index (κ2) is 14.7. The maximum Gasteiger partial charge on any atom is 0.326 e. The van der Waals surface area contributed by atoms with Crippen LogP contribution in [0.25, 0.3) is 0 Å². The number of carboxylic acids is 1. The van der Waals surface area contributed by atoms with Gasteiger partial charge in [0.1, 0.15) is 29.9 Å². The van der Waals surface area contributed by atoms with Gasteiger partial charge >= 0.3 is 5.97 Å². The predicted octanol–water partition coefficient (Wildman–Crippen LogP) is -1.14. The molecule has 0 spiro atoms. The number of aromatic hydroxyl groups is 1. The van der Waals surface area contributed by atoms with Gasteiger partial charge in [-0.15, -0.1) is 0 Å². The van der Waals surface area contributed by atoms with Crippen LogP contribution in [0.15, 0.2) is 24.3 Å². The third kappa shape index (κ3) is 9.79. The number of carbonyl (C=O) groups excluding carboxylic acids is 3. The number of carbonyl (C=O) groups is 4. The number of amides is 3. The van der Waals surface area contributed by atoms with Gasteiger partial charge in [-0.3, -0.25) is 14.4 Å². The molecule has 190 valence electrons. The smallest absolute Gasteiger partial charge is 0.326 e. The minimum atomic E-state index is -1.28. The van der Waals surface area contributed by atoms with Crippen molar-refractivity contribution in [2.75, 3.05) is 17.8 Å². The largest absolute Gasteiger partial charge is 0.508 e. The number of benzene rings is 1. The first kappa shape index (κ1) is 29.6. The molecule has 8 N–H and O–H groups in total. The van der Waals surface area contributed by atoms with Crippen LogP contribution in [0.2, 0.25) is 0 Å². The van der Waals surface area contributed by atoms with Gasteiger partial charge in [0.2, 0.25) is 17.7 Å². The van der Waals surface area contributed by atoms with Crippen molar-refractivity contribution in [1.29, 1.82) is 0 Å². The molecule has 0 radical (unpaired) electrons. The predicted molar refractivity (Wildman–Crippen MR) is 132 cm³/mol. The molecular formula is C21H32N4O7S2. The summed E-state index contributed by atoms with van der Waals surface area (Å²) < 4.78 is 0. The van der Waals surface area contributed by atoms with E-state index in [0.29, 0.717) is 11.3 Å². The van der Waals surface area contributed by atoms with Crippen LogP contribution in [0.4, 0.5) is 0 Å². The normalized spacial score (nSPS) is 15.3. The zero-order chi connectivity index (χ0) is 25.8. The van der Waals surface area contributed by atoms with Gasteiger partial charge < -0.3 is 37.0 Å². The van der Waals surface area contributed by atoms with Crippen molar-refractivity contribution < 1.29 is 34.5 Å². The molecule has 11 nitrogen and oxygen atoms in total. The molecular weight excluding hydrogens is 484 g/mol. The maximum atomic E-state index is 12.8. The molecule has 5 unspecified atom stereocenters. The van der Waals surface area contributed by atoms with E-state index in [9.17, 15) is 34.5 Å². The summed E-state index contributed by atoms with van der Waals surface area (Å²) in [6.45, 7) is 1.35. The second-order valence-electron chi connectivity index (χ2n) is 7.62. The fourth-order valence-electron chi connectivity index (χ4n) is 2.80. The number of aliphatic hydroxyl groups excluding tert-OH is 1. The molecule has 0 aliphatic carbocycles. The number of thioether (sulfide) groups is 1. The summed E-state index contributed by atoms with van der Waals surface area (Å²) in [6, 6.07) is 1.16. The molecule has 0 aliphatic heterocycles. The van der Waals surface area contributed by atoms with E-state index in [1.54, 1.807) is 0 Å². The molecule has 1 rings (SSSR count). The number of aliphatic hydroxyl groups is 1. The summed E-state index contributed by atoms with van der Waals surface area (Å²) in [5.41, 5.74) is 6.20. The third-order valence-electron chi connectivity index (χ3n) is 4.87. The Morgan fingerprint density at radius 3 is 2.03 bits per heavy atom. The van der Waals surface area contributed by atoms with Crippen LogP contribution in [0.3, 0.4) is 0 Å². The van der Waals surface area contributed by atoms with Gasteiger partial charge in [-0.1, -0.05) is 12.1 Å². The Bertz CT molecular complexity index is 839. The van der Waals surface area contributed by atoms with E-state index in [1.807, 2.05) is 6.26 Å². The van der Waals surface area contributed by atoms with E-state index in [0.717, 1.165) is 0 Å². The maximum absolute atomic E-state index is 12.8. The SMILES string of the molecule is CSCCC(NC(=O)C(N)C(C)O)C(=O)NC(CS)C(=O)NC(Cc1ccc(O)cc1)C(=O)O. The molecule has 0 saturated carbocycles. The van der Waals surface area contributed by atoms with Crippen molar-refractivity contribution in [1.82, 2.24) is 16.0 Å². The highest BCUT2D eigenvalue weighted by atomic mass is 32.2. The van der Waals surface area contributed by atoms with Crippen LogP contribution < -0.4 is 21.7 Å². The van der Waals surface area contributed by atoms with Crippen LogP contribution in [0, 0.1) is 0 Å². The first-order chi connectivity index (χ1) is 16.0. The van der Waals surface area contributed by atoms with Gasteiger partial charge in [-0.05, 0) is 43.0 Å². The molecule has 1 aromatic rings. The van der Waals surface area contributed by atoms with Crippen LogP contribution >= 0.6 is 24.4 Å². The lowest BCUT2D eigenvalue weighted by Gasteiger charge is -2.25. The van der Waals surface area contributed by atoms with Crippen molar-refractivity contribution in [2.45, 2.75) is 50.0 Å². The van der Waals surface area contributed by atoms with Gasteiger partial charge in [-0.2, -0.15) is 24.4 Å². The zero-order valence-corrected chi connectivity index (χ0v) is 20.6. The lowest BCUT2D eigenvalue weighted by atomic mass is 10.1. The van der Waals surface area contributed by atoms with E-state index in [2.05, 4.69) is 28.6 Å². The van der Waals surface area contributed by atoms with Crippen LogP contribution in [0.1, 0.15) is 18.9 Å². The van der Waals surface area contributed by atoms with Gasteiger partial charge in [0.05, 0.1) is 6.10 Å². The molecule has 34 heavy (non-hydrogen) atoms. The lowest BCUT2D eigenvalue weighted by Crippen LogP contribution is -2.58. The van der Waals surface area contributed by atoms with Gasteiger partial charge in [0, 0.05) is 12.2 Å². The van der Waals surface area contributed by atoms with E-state index in [1.165, 1.54) is 43.0 Å². The quantitative estimate of drug-likeness (QED) is 0.141. The summed E-state index contributed by atoms with van der Waals surface area (Å²) in [4.78, 5) is 49.4. The molecule has 3 amide bonds. The summed E-state index contributed by atoms with van der Waals surface area (Å²) >= 11 is 5.53. The molecule has 13 heteroatoms. The molecule has 0 aromatic heterocycles. The van der Waals surface area contributed by atoms with Crippen molar-refractivity contribution in [3.63, 3.8) is 0 Å². The average molecular weight is 517 g/mol. The fraction of sp³-hybridized carbons (Fsp3) is 0.524. The van der Waals surface area contributed by atoms with Crippen LogP contribution in [0.5, 0.6) is 5.75 Å². The Hall–Kier alpha value is -2.48. The number of carboxylic acid groups (broad SMARTS) is 1. The van der Waals surface area contributed by atoms with Gasteiger partial charge in [-0.25, -0.2) is 4.79 Å². The van der Waals surface area contributed by atoms with Crippen LogP contribution in [-0.2, 0) is 25.6 Å². The second-order valence-corrected chi connectivity index (χ2v) is 8.97. The van der Waals surface area contributed by atoms with E-state index < -0.39 is 54.0 Å². The number of hydrogen-bond donors (Lipinski definition) is 8. The number of nitrogens with one attached hydrogen (secondary N) is 3. The molecule has 0 fully saturated rings. The third-order valence-corrected chi connectivity index (χ3v) is 5.88. The number of hydrogen-bond acceptors (Lipinski definition) is 9. The molecule has 0 heterocycles. The fourth-order valence-corrected chi connectivity index (χ4v) is 3.53. The summed E-state index contributed by atoms with van der Waals surface area (Å²) in [7, 11) is 0. The Labute approximate surface area is 207 Å². The number of nitrogens with two attached hydrogens (primary N) is 1. The topological polar surface area (TPSA) is 191 Å². The number of thiol groups is 1. The molecule has 0 aliphatic rings. The number of aliphatic carboxylic acids is 1. The standard InChI is InChI=1S/C21H32N4O7S2/c1-11(26)17(22)20(30)23-14(7-8-34-2)18(28)25-16(10-33)19(29)24-15(21(31)32)9-12-3-5-13(27)6-4-12/h3-6,11,14-17,26-27,33H,7-10,22H2,1-2H3,(H,23,30)(H,24,29)(H,25,28)(H,31,32). The van der Waals surface area contributed by atoms with E-state index in [4.69, 9.17) is 5.73 Å². The Balaban J connectivity index is 2.86. The minimum Gasteiger partial charge on any atom is -0.508 e. The summed E-state index contributed by atoms with van der Waals surface area (Å²) in [6.07, 6.45) is 0.896. The molecule has 0 saturated heterocycles. The summed E-state index contributed by atoms with van der Waals surface area (Å²) in [5.74, 6) is -3.00. The Kier molecular flexibility index (Phi) is 12.8. The van der Waals surface area contributed by atoms with Crippen molar-refractivity contribution in [2.24, 2.45) is 5.73 Å². The molecule has 1 aromatic carbocycles. The van der Waals surface area contributed by atoms with Gasteiger partial charge in [0.15, 0.2) is 0 Å². The Morgan fingerprint density at radius 1 is 1.00 bits per heavy atom. The van der Waals surface area contributed by atoms with Crippen molar-refractivity contribution in [3.8, 4) is 5.75 Å². The summed E-state index contributed by atoms with van der Waals surface area (Å²) in [5, 5.41) is 35.7. The highest BCUT2D eigenvalue weighted by Gasteiger charge is 2.30. The number of phenols is 1. The highest BCUT2D eigenvalue weighted by molar-refractivity contribution is 7.98. The molecule has 5 atom stereocenters. The number of phenolic OH excluding ortho intramolecular Hbond substituents is 1. The lowest BCUT2D eigenvalue weighted by molar-refractivity contribution is -0.142. The van der Waals surface area contributed by atoms with E-state index in [-0.39, 0.29) is 24.3 Å².